The number of hydrogen-bond donors (Lipinski definition) is 1. The molecule has 0 spiro atoms. The third-order valence-electron chi connectivity index (χ3n) is 3.29. The summed E-state index contributed by atoms with van der Waals surface area (Å²) in [6.45, 7) is 0.926. The molecule has 0 bridgehead atoms. The van der Waals surface area contributed by atoms with Gasteiger partial charge in [-0.15, -0.1) is 0 Å². The third-order valence-corrected chi connectivity index (χ3v) is 3.29. The lowest BCUT2D eigenvalue weighted by molar-refractivity contribution is 0.103. The molecule has 2 aromatic rings. The first-order valence-corrected chi connectivity index (χ1v) is 6.05. The highest BCUT2D eigenvalue weighted by molar-refractivity contribution is 6.09. The zero-order valence-electron chi connectivity index (χ0n) is 10.5. The number of rotatable bonds is 2. The Morgan fingerprint density at radius 1 is 1.10 bits per heavy atom. The van der Waals surface area contributed by atoms with E-state index in [0.717, 1.165) is 23.3 Å². The number of nitrogens with two attached hydrogens (primary N) is 1. The van der Waals surface area contributed by atoms with E-state index in [1.54, 1.807) is 18.2 Å². The van der Waals surface area contributed by atoms with Crippen LogP contribution in [0.25, 0.3) is 0 Å². The number of halogens is 2. The predicted octanol–water partition coefficient (Wildman–Crippen LogP) is 2.81. The highest BCUT2D eigenvalue weighted by Gasteiger charge is 2.20. The second kappa shape index (κ2) is 4.68. The van der Waals surface area contributed by atoms with Gasteiger partial charge in [-0.2, -0.15) is 0 Å². The molecular formula is C15H11F2NO2. The van der Waals surface area contributed by atoms with Gasteiger partial charge in [0.1, 0.15) is 5.82 Å². The topological polar surface area (TPSA) is 52.3 Å². The van der Waals surface area contributed by atoms with Crippen LogP contribution in [0.4, 0.5) is 14.5 Å². The summed E-state index contributed by atoms with van der Waals surface area (Å²) in [4.78, 5) is 12.3. The fraction of sp³-hybridized carbons (Fsp3) is 0.133. The lowest BCUT2D eigenvalue weighted by Crippen LogP contribution is -2.08. The molecule has 0 atom stereocenters. The number of ketones is 1. The predicted molar refractivity (Wildman–Crippen MR) is 69.1 cm³/mol. The fourth-order valence-electron chi connectivity index (χ4n) is 2.24. The molecule has 0 radical (unpaired) electrons. The Morgan fingerprint density at radius 3 is 2.65 bits per heavy atom. The standard InChI is InChI=1S/C15H11F2NO2/c16-11-4-12(14(17)13(18)5-11)15(19)8-1-2-9-6-20-7-10(9)3-8/h1-5H,6-7,18H2. The molecule has 1 aliphatic rings. The molecule has 20 heavy (non-hydrogen) atoms. The Morgan fingerprint density at radius 2 is 1.85 bits per heavy atom. The van der Waals surface area contributed by atoms with Gasteiger partial charge in [0.15, 0.2) is 11.6 Å². The van der Waals surface area contributed by atoms with Gasteiger partial charge in [0.05, 0.1) is 24.5 Å². The van der Waals surface area contributed by atoms with E-state index in [1.165, 1.54) is 0 Å². The molecule has 102 valence electrons. The van der Waals surface area contributed by atoms with Gasteiger partial charge >= 0.3 is 0 Å². The summed E-state index contributed by atoms with van der Waals surface area (Å²) in [7, 11) is 0. The van der Waals surface area contributed by atoms with Gasteiger partial charge < -0.3 is 10.5 Å². The number of carbonyl (C=O) groups is 1. The molecule has 3 nitrogen and oxygen atoms in total. The average Bonchev–Trinajstić information content (AvgIpc) is 2.89. The fourth-order valence-corrected chi connectivity index (χ4v) is 2.24. The molecule has 0 saturated carbocycles. The Labute approximate surface area is 114 Å². The zero-order chi connectivity index (χ0) is 14.3. The molecule has 1 heterocycles. The van der Waals surface area contributed by atoms with Crippen LogP contribution in [0.2, 0.25) is 0 Å². The highest BCUT2D eigenvalue weighted by atomic mass is 19.1. The van der Waals surface area contributed by atoms with Gasteiger partial charge in [0.2, 0.25) is 0 Å². The van der Waals surface area contributed by atoms with Crippen molar-refractivity contribution in [2.75, 3.05) is 5.73 Å². The van der Waals surface area contributed by atoms with Crippen molar-refractivity contribution in [3.8, 4) is 0 Å². The minimum absolute atomic E-state index is 0.290. The van der Waals surface area contributed by atoms with E-state index in [0.29, 0.717) is 13.2 Å². The monoisotopic (exact) mass is 275 g/mol. The number of benzene rings is 2. The zero-order valence-corrected chi connectivity index (χ0v) is 10.5. The lowest BCUT2D eigenvalue weighted by atomic mass is 9.98. The number of ether oxygens (including phenoxy) is 1. The summed E-state index contributed by atoms with van der Waals surface area (Å²) in [6, 6.07) is 6.69. The van der Waals surface area contributed by atoms with Crippen LogP contribution >= 0.6 is 0 Å². The number of fused-ring (bicyclic) bond motifs is 1. The first-order chi connectivity index (χ1) is 9.56. The summed E-state index contributed by atoms with van der Waals surface area (Å²) in [6.07, 6.45) is 0. The van der Waals surface area contributed by atoms with E-state index in [1.807, 2.05) is 0 Å². The molecule has 3 rings (SSSR count). The van der Waals surface area contributed by atoms with Crippen molar-refractivity contribution in [1.82, 2.24) is 0 Å². The van der Waals surface area contributed by atoms with Gasteiger partial charge in [-0.3, -0.25) is 4.79 Å². The number of nitrogen functional groups attached to an aromatic ring is 1. The summed E-state index contributed by atoms with van der Waals surface area (Å²) < 4.78 is 32.4. The summed E-state index contributed by atoms with van der Waals surface area (Å²) in [5, 5.41) is 0. The number of carbonyl (C=O) groups excluding carboxylic acids is 1. The van der Waals surface area contributed by atoms with Crippen molar-refractivity contribution in [1.29, 1.82) is 0 Å². The third kappa shape index (κ3) is 2.06. The molecule has 0 unspecified atom stereocenters. The SMILES string of the molecule is Nc1cc(F)cc(C(=O)c2ccc3c(c2)COC3)c1F. The number of anilines is 1. The second-order valence-electron chi connectivity index (χ2n) is 4.66. The molecule has 0 fully saturated rings. The Balaban J connectivity index is 2.05. The molecule has 0 aromatic heterocycles. The maximum absolute atomic E-state index is 13.9. The van der Waals surface area contributed by atoms with Crippen LogP contribution in [-0.4, -0.2) is 5.78 Å². The summed E-state index contributed by atoms with van der Waals surface area (Å²) in [5.74, 6) is -2.23. The smallest absolute Gasteiger partial charge is 0.196 e. The van der Waals surface area contributed by atoms with E-state index in [9.17, 15) is 13.6 Å². The lowest BCUT2D eigenvalue weighted by Gasteiger charge is -2.07. The van der Waals surface area contributed by atoms with Crippen molar-refractivity contribution in [2.24, 2.45) is 0 Å². The normalized spacial score (nSPS) is 13.3. The molecular weight excluding hydrogens is 264 g/mol. The van der Waals surface area contributed by atoms with Crippen molar-refractivity contribution in [2.45, 2.75) is 13.2 Å². The first kappa shape index (κ1) is 12.7. The molecule has 5 heteroatoms. The van der Waals surface area contributed by atoms with E-state index in [4.69, 9.17) is 10.5 Å². The van der Waals surface area contributed by atoms with Gasteiger partial charge in [0, 0.05) is 5.56 Å². The van der Waals surface area contributed by atoms with E-state index >= 15 is 0 Å². The Bertz CT molecular complexity index is 713. The summed E-state index contributed by atoms with van der Waals surface area (Å²) in [5.41, 5.74) is 6.78. The van der Waals surface area contributed by atoms with E-state index in [2.05, 4.69) is 0 Å². The van der Waals surface area contributed by atoms with Crippen LogP contribution in [-0.2, 0) is 18.0 Å². The minimum atomic E-state index is -0.895. The molecule has 1 aliphatic heterocycles. The van der Waals surface area contributed by atoms with Crippen LogP contribution < -0.4 is 5.73 Å². The molecule has 2 N–H and O–H groups in total. The van der Waals surface area contributed by atoms with E-state index < -0.39 is 17.4 Å². The molecule has 0 amide bonds. The average molecular weight is 275 g/mol. The van der Waals surface area contributed by atoms with Crippen molar-refractivity contribution >= 4 is 11.5 Å². The van der Waals surface area contributed by atoms with Crippen molar-refractivity contribution in [3.63, 3.8) is 0 Å². The minimum Gasteiger partial charge on any atom is -0.396 e. The van der Waals surface area contributed by atoms with Gasteiger partial charge in [-0.25, -0.2) is 8.78 Å². The number of hydrogen-bond acceptors (Lipinski definition) is 3. The van der Waals surface area contributed by atoms with Crippen LogP contribution in [0.5, 0.6) is 0 Å². The quantitative estimate of drug-likeness (QED) is 0.677. The van der Waals surface area contributed by atoms with Crippen LogP contribution in [0.3, 0.4) is 0 Å². The Hall–Kier alpha value is -2.27. The van der Waals surface area contributed by atoms with Crippen LogP contribution in [0.15, 0.2) is 30.3 Å². The van der Waals surface area contributed by atoms with Crippen LogP contribution in [0, 0.1) is 11.6 Å². The van der Waals surface area contributed by atoms with Crippen molar-refractivity contribution in [3.05, 3.63) is 64.2 Å². The Kier molecular flexibility index (Phi) is 2.99. The first-order valence-electron chi connectivity index (χ1n) is 6.05. The molecule has 0 saturated heterocycles. The maximum Gasteiger partial charge on any atom is 0.196 e. The van der Waals surface area contributed by atoms with Crippen LogP contribution in [0.1, 0.15) is 27.0 Å². The van der Waals surface area contributed by atoms with Gasteiger partial charge in [-0.05, 0) is 29.3 Å². The maximum atomic E-state index is 13.9. The second-order valence-corrected chi connectivity index (χ2v) is 4.66. The molecule has 0 aliphatic carbocycles. The largest absolute Gasteiger partial charge is 0.396 e. The summed E-state index contributed by atoms with van der Waals surface area (Å²) >= 11 is 0. The highest BCUT2D eigenvalue weighted by Crippen LogP contribution is 2.24. The van der Waals surface area contributed by atoms with Gasteiger partial charge in [0.25, 0.3) is 0 Å². The van der Waals surface area contributed by atoms with Gasteiger partial charge in [-0.1, -0.05) is 12.1 Å². The van der Waals surface area contributed by atoms with E-state index in [-0.39, 0.29) is 16.8 Å². The molecule has 2 aromatic carbocycles. The van der Waals surface area contributed by atoms with Crippen molar-refractivity contribution < 1.29 is 18.3 Å².